The fourth-order valence-corrected chi connectivity index (χ4v) is 1.38. The van der Waals surface area contributed by atoms with Gasteiger partial charge < -0.3 is 10.2 Å². The number of hydrogen-bond donors (Lipinski definition) is 2. The fraction of sp³-hybridized carbons (Fsp3) is 0.889. The van der Waals surface area contributed by atoms with Crippen LogP contribution in [0, 0.1) is 5.41 Å². The van der Waals surface area contributed by atoms with E-state index in [-0.39, 0.29) is 11.8 Å². The lowest BCUT2D eigenvalue weighted by molar-refractivity contribution is -0.139. The van der Waals surface area contributed by atoms with Crippen molar-refractivity contribution in [2.24, 2.45) is 5.41 Å². The zero-order valence-corrected chi connectivity index (χ0v) is 7.63. The van der Waals surface area contributed by atoms with Gasteiger partial charge in [0.15, 0.2) is 0 Å². The molecule has 0 bridgehead atoms. The zero-order chi connectivity index (χ0) is 9.41. The summed E-state index contributed by atoms with van der Waals surface area (Å²) in [6.07, 6.45) is 2.45. The highest BCUT2D eigenvalue weighted by Gasteiger charge is 2.51. The Labute approximate surface area is 72.4 Å². The second-order valence-electron chi connectivity index (χ2n) is 4.23. The number of carbonyl (C=O) groups is 1. The van der Waals surface area contributed by atoms with E-state index >= 15 is 0 Å². The third kappa shape index (κ3) is 1.78. The van der Waals surface area contributed by atoms with Crippen LogP contribution in [-0.4, -0.2) is 21.8 Å². The molecule has 3 heteroatoms. The van der Waals surface area contributed by atoms with Crippen molar-refractivity contribution in [3.63, 3.8) is 0 Å². The Balaban J connectivity index is 2.43. The smallest absolute Gasteiger partial charge is 0.303 e. The number of carboxylic acid groups (broad SMARTS) is 1. The van der Waals surface area contributed by atoms with Crippen LogP contribution in [0.4, 0.5) is 0 Å². The molecule has 1 fully saturated rings. The number of carboxylic acids is 1. The Morgan fingerprint density at radius 1 is 1.58 bits per heavy atom. The van der Waals surface area contributed by atoms with Crippen LogP contribution in [0.1, 0.15) is 39.5 Å². The average Bonchev–Trinajstić information content (AvgIpc) is 2.65. The second kappa shape index (κ2) is 2.73. The molecule has 0 aliphatic heterocycles. The van der Waals surface area contributed by atoms with Crippen LogP contribution < -0.4 is 0 Å². The standard InChI is InChI=1S/C9H16O3/c1-8(5-6-8)9(2,12)4-3-7(10)11/h12H,3-6H2,1-2H3,(H,10,11). The van der Waals surface area contributed by atoms with Gasteiger partial charge in [-0.2, -0.15) is 0 Å². The molecule has 1 atom stereocenters. The molecule has 0 radical (unpaired) electrons. The van der Waals surface area contributed by atoms with Gasteiger partial charge in [0.1, 0.15) is 0 Å². The summed E-state index contributed by atoms with van der Waals surface area (Å²) in [4.78, 5) is 10.3. The average molecular weight is 172 g/mol. The Morgan fingerprint density at radius 3 is 2.42 bits per heavy atom. The van der Waals surface area contributed by atoms with Gasteiger partial charge in [-0.1, -0.05) is 6.92 Å². The molecule has 1 aliphatic carbocycles. The molecule has 1 rings (SSSR count). The predicted octanol–water partition coefficient (Wildman–Crippen LogP) is 1.40. The molecular formula is C9H16O3. The van der Waals surface area contributed by atoms with Gasteiger partial charge in [-0.3, -0.25) is 4.79 Å². The lowest BCUT2D eigenvalue weighted by atomic mass is 9.84. The summed E-state index contributed by atoms with van der Waals surface area (Å²) in [7, 11) is 0. The lowest BCUT2D eigenvalue weighted by Gasteiger charge is -2.29. The molecule has 0 spiro atoms. The lowest BCUT2D eigenvalue weighted by Crippen LogP contribution is -2.34. The first-order valence-electron chi connectivity index (χ1n) is 4.32. The fourth-order valence-electron chi connectivity index (χ4n) is 1.38. The van der Waals surface area contributed by atoms with Crippen LogP contribution in [0.3, 0.4) is 0 Å². The van der Waals surface area contributed by atoms with Crippen LogP contribution in [0.25, 0.3) is 0 Å². The molecule has 1 unspecified atom stereocenters. The summed E-state index contributed by atoms with van der Waals surface area (Å²) < 4.78 is 0. The maximum atomic E-state index is 10.3. The quantitative estimate of drug-likeness (QED) is 0.674. The first kappa shape index (κ1) is 9.52. The Bertz CT molecular complexity index is 192. The molecule has 1 aliphatic rings. The van der Waals surface area contributed by atoms with Crippen LogP contribution >= 0.6 is 0 Å². The van der Waals surface area contributed by atoms with Gasteiger partial charge in [-0.25, -0.2) is 0 Å². The third-order valence-electron chi connectivity index (χ3n) is 3.13. The molecule has 0 heterocycles. The topological polar surface area (TPSA) is 57.5 Å². The predicted molar refractivity (Wildman–Crippen MR) is 44.8 cm³/mol. The van der Waals surface area contributed by atoms with E-state index in [0.29, 0.717) is 6.42 Å². The van der Waals surface area contributed by atoms with Crippen LogP contribution in [0.15, 0.2) is 0 Å². The van der Waals surface area contributed by atoms with E-state index in [1.807, 2.05) is 6.92 Å². The van der Waals surface area contributed by atoms with Gasteiger partial charge in [0, 0.05) is 6.42 Å². The first-order valence-corrected chi connectivity index (χ1v) is 4.32. The Kier molecular flexibility index (Phi) is 2.17. The van der Waals surface area contributed by atoms with E-state index in [9.17, 15) is 9.90 Å². The van der Waals surface area contributed by atoms with Gasteiger partial charge in [0.2, 0.25) is 0 Å². The first-order chi connectivity index (χ1) is 5.37. The maximum absolute atomic E-state index is 10.3. The molecule has 1 saturated carbocycles. The Morgan fingerprint density at radius 2 is 2.08 bits per heavy atom. The van der Waals surface area contributed by atoms with Crippen molar-refractivity contribution >= 4 is 5.97 Å². The normalized spacial score (nSPS) is 24.6. The molecule has 0 aromatic rings. The summed E-state index contributed by atoms with van der Waals surface area (Å²) in [5.74, 6) is -0.834. The SMILES string of the molecule is CC(O)(CCC(=O)O)C1(C)CC1. The number of rotatable bonds is 4. The van der Waals surface area contributed by atoms with Crippen molar-refractivity contribution in [3.8, 4) is 0 Å². The van der Waals surface area contributed by atoms with E-state index in [0.717, 1.165) is 12.8 Å². The summed E-state index contributed by atoms with van der Waals surface area (Å²) in [5.41, 5.74) is -0.826. The van der Waals surface area contributed by atoms with Crippen molar-refractivity contribution in [2.75, 3.05) is 0 Å². The van der Waals surface area contributed by atoms with E-state index in [2.05, 4.69) is 0 Å². The molecule has 70 valence electrons. The molecule has 0 saturated heterocycles. The second-order valence-corrected chi connectivity index (χ2v) is 4.23. The van der Waals surface area contributed by atoms with Crippen LogP contribution in [-0.2, 0) is 4.79 Å². The highest BCUT2D eigenvalue weighted by Crippen LogP contribution is 2.55. The summed E-state index contributed by atoms with van der Waals surface area (Å²) >= 11 is 0. The summed E-state index contributed by atoms with van der Waals surface area (Å²) in [5, 5.41) is 18.4. The molecule has 12 heavy (non-hydrogen) atoms. The number of aliphatic carboxylic acids is 1. The molecular weight excluding hydrogens is 156 g/mol. The summed E-state index contributed by atoms with van der Waals surface area (Å²) in [6, 6.07) is 0. The minimum atomic E-state index is -0.834. The maximum Gasteiger partial charge on any atom is 0.303 e. The van der Waals surface area contributed by atoms with Gasteiger partial charge in [0.05, 0.1) is 5.60 Å². The van der Waals surface area contributed by atoms with E-state index in [1.54, 1.807) is 6.92 Å². The van der Waals surface area contributed by atoms with Crippen LogP contribution in [0.2, 0.25) is 0 Å². The van der Waals surface area contributed by atoms with Gasteiger partial charge >= 0.3 is 5.97 Å². The minimum Gasteiger partial charge on any atom is -0.481 e. The van der Waals surface area contributed by atoms with E-state index in [4.69, 9.17) is 5.11 Å². The van der Waals surface area contributed by atoms with E-state index in [1.165, 1.54) is 0 Å². The zero-order valence-electron chi connectivity index (χ0n) is 7.63. The van der Waals surface area contributed by atoms with Crippen molar-refractivity contribution in [1.82, 2.24) is 0 Å². The minimum absolute atomic E-state index is 0.0253. The van der Waals surface area contributed by atoms with Gasteiger partial charge in [-0.05, 0) is 31.6 Å². The third-order valence-corrected chi connectivity index (χ3v) is 3.13. The number of aliphatic hydroxyl groups is 1. The number of hydrogen-bond acceptors (Lipinski definition) is 2. The molecule has 2 N–H and O–H groups in total. The highest BCUT2D eigenvalue weighted by molar-refractivity contribution is 5.66. The monoisotopic (exact) mass is 172 g/mol. The van der Waals surface area contributed by atoms with E-state index < -0.39 is 11.6 Å². The van der Waals surface area contributed by atoms with Crippen molar-refractivity contribution in [1.29, 1.82) is 0 Å². The van der Waals surface area contributed by atoms with Crippen LogP contribution in [0.5, 0.6) is 0 Å². The molecule has 3 nitrogen and oxygen atoms in total. The van der Waals surface area contributed by atoms with Gasteiger partial charge in [0.25, 0.3) is 0 Å². The highest BCUT2D eigenvalue weighted by atomic mass is 16.4. The molecule has 0 aromatic heterocycles. The van der Waals surface area contributed by atoms with Crippen molar-refractivity contribution < 1.29 is 15.0 Å². The molecule has 0 amide bonds. The Hall–Kier alpha value is -0.570. The van der Waals surface area contributed by atoms with Gasteiger partial charge in [-0.15, -0.1) is 0 Å². The largest absolute Gasteiger partial charge is 0.481 e. The summed E-state index contributed by atoms with van der Waals surface area (Å²) in [6.45, 7) is 3.75. The molecule has 0 aromatic carbocycles. The van der Waals surface area contributed by atoms with Crippen molar-refractivity contribution in [2.45, 2.75) is 45.1 Å². The van der Waals surface area contributed by atoms with Crippen molar-refractivity contribution in [3.05, 3.63) is 0 Å².